The molecule has 0 spiro atoms. The van der Waals surface area contributed by atoms with Gasteiger partial charge >= 0.3 is 0 Å². The van der Waals surface area contributed by atoms with Gasteiger partial charge in [-0.2, -0.15) is 0 Å². The van der Waals surface area contributed by atoms with E-state index in [9.17, 15) is 28.0 Å². The van der Waals surface area contributed by atoms with E-state index in [1.54, 1.807) is 0 Å². The topological polar surface area (TPSA) is 97.7 Å². The first-order valence-electron chi connectivity index (χ1n) is 11.8. The first-order chi connectivity index (χ1) is 17.8. The summed E-state index contributed by atoms with van der Waals surface area (Å²) in [7, 11) is 0. The fourth-order valence-corrected chi connectivity index (χ4v) is 3.88. The zero-order valence-electron chi connectivity index (χ0n) is 20.1. The summed E-state index contributed by atoms with van der Waals surface area (Å²) in [4.78, 5) is 53.5. The Kier molecular flexibility index (Phi) is 7.76. The van der Waals surface area contributed by atoms with Crippen LogP contribution in [0.15, 0.2) is 59.5 Å². The maximum absolute atomic E-state index is 13.4. The molecule has 0 atom stereocenters. The molecule has 10 heteroatoms. The van der Waals surface area contributed by atoms with Gasteiger partial charge in [-0.3, -0.25) is 24.1 Å². The number of benzene rings is 2. The average Bonchev–Trinajstić information content (AvgIpc) is 2.88. The molecule has 1 N–H and O–H groups in total. The SMILES string of the molecule is CCCCOc1c2n(cc(C(=O)NCc3ccc(F)cc3)c1=O)CC(=O)N(Cc1ccc(F)cc1)C2=O. The zero-order valence-corrected chi connectivity index (χ0v) is 20.1. The van der Waals surface area contributed by atoms with E-state index in [1.165, 1.54) is 59.3 Å². The number of nitrogens with one attached hydrogen (secondary N) is 1. The number of pyridine rings is 1. The first-order valence-corrected chi connectivity index (χ1v) is 11.8. The number of amides is 3. The number of carbonyl (C=O) groups is 3. The highest BCUT2D eigenvalue weighted by Crippen LogP contribution is 2.24. The molecule has 0 bridgehead atoms. The minimum absolute atomic E-state index is 0.0373. The van der Waals surface area contributed by atoms with Gasteiger partial charge in [0.25, 0.3) is 11.8 Å². The van der Waals surface area contributed by atoms with E-state index in [0.29, 0.717) is 17.5 Å². The third-order valence-electron chi connectivity index (χ3n) is 5.90. The lowest BCUT2D eigenvalue weighted by atomic mass is 10.1. The molecule has 192 valence electrons. The number of aromatic nitrogens is 1. The number of rotatable bonds is 9. The van der Waals surface area contributed by atoms with Gasteiger partial charge in [0.2, 0.25) is 11.3 Å². The van der Waals surface area contributed by atoms with Gasteiger partial charge in [0.15, 0.2) is 11.4 Å². The predicted octanol–water partition coefficient (Wildman–Crippen LogP) is 3.42. The molecule has 1 aliphatic heterocycles. The van der Waals surface area contributed by atoms with Gasteiger partial charge in [0.05, 0.1) is 13.2 Å². The molecule has 0 saturated heterocycles. The van der Waals surface area contributed by atoms with E-state index in [-0.39, 0.29) is 43.2 Å². The van der Waals surface area contributed by atoms with Crippen molar-refractivity contribution in [2.75, 3.05) is 6.61 Å². The highest BCUT2D eigenvalue weighted by atomic mass is 19.1. The number of fused-ring (bicyclic) bond motifs is 1. The minimum atomic E-state index is -0.775. The van der Waals surface area contributed by atoms with Crippen molar-refractivity contribution in [3.8, 4) is 5.75 Å². The van der Waals surface area contributed by atoms with Crippen LogP contribution in [0.25, 0.3) is 0 Å². The van der Waals surface area contributed by atoms with Crippen molar-refractivity contribution in [1.82, 2.24) is 14.8 Å². The molecule has 0 fully saturated rings. The van der Waals surface area contributed by atoms with Gasteiger partial charge < -0.3 is 14.6 Å². The van der Waals surface area contributed by atoms with Crippen LogP contribution in [0.5, 0.6) is 5.75 Å². The lowest BCUT2D eigenvalue weighted by Gasteiger charge is -2.29. The molecule has 0 aliphatic carbocycles. The Morgan fingerprint density at radius 2 is 1.59 bits per heavy atom. The van der Waals surface area contributed by atoms with Gasteiger partial charge in [0.1, 0.15) is 23.7 Å². The monoisotopic (exact) mass is 509 g/mol. The van der Waals surface area contributed by atoms with Crippen LogP contribution in [-0.4, -0.2) is 33.8 Å². The quantitative estimate of drug-likeness (QED) is 0.352. The molecular formula is C27H25F2N3O5. The Bertz CT molecular complexity index is 1380. The van der Waals surface area contributed by atoms with E-state index >= 15 is 0 Å². The van der Waals surface area contributed by atoms with Crippen molar-refractivity contribution in [3.63, 3.8) is 0 Å². The van der Waals surface area contributed by atoms with Crippen molar-refractivity contribution in [1.29, 1.82) is 0 Å². The summed E-state index contributed by atoms with van der Waals surface area (Å²) in [6.45, 7) is 1.69. The second-order valence-corrected chi connectivity index (χ2v) is 8.60. The third kappa shape index (κ3) is 5.74. The maximum Gasteiger partial charge on any atom is 0.281 e. The third-order valence-corrected chi connectivity index (χ3v) is 5.90. The number of imide groups is 1. The van der Waals surface area contributed by atoms with Crippen molar-refractivity contribution >= 4 is 17.7 Å². The summed E-state index contributed by atoms with van der Waals surface area (Å²) in [6, 6.07) is 10.9. The molecule has 0 radical (unpaired) electrons. The van der Waals surface area contributed by atoms with Gasteiger partial charge in [-0.15, -0.1) is 0 Å². The van der Waals surface area contributed by atoms with Crippen LogP contribution >= 0.6 is 0 Å². The van der Waals surface area contributed by atoms with Crippen LogP contribution in [0, 0.1) is 11.6 Å². The summed E-state index contributed by atoms with van der Waals surface area (Å²) in [5, 5.41) is 2.60. The molecule has 37 heavy (non-hydrogen) atoms. The van der Waals surface area contributed by atoms with E-state index in [2.05, 4.69) is 5.32 Å². The lowest BCUT2D eigenvalue weighted by molar-refractivity contribution is -0.130. The number of unbranched alkanes of at least 4 members (excludes halogenated alkanes) is 1. The highest BCUT2D eigenvalue weighted by molar-refractivity contribution is 6.08. The second kappa shape index (κ2) is 11.2. The summed E-state index contributed by atoms with van der Waals surface area (Å²) < 4.78 is 33.4. The summed E-state index contributed by atoms with van der Waals surface area (Å²) >= 11 is 0. The van der Waals surface area contributed by atoms with Crippen LogP contribution in [-0.2, 0) is 24.4 Å². The summed E-state index contributed by atoms with van der Waals surface area (Å²) in [5.41, 5.74) is -0.0376. The first kappa shape index (κ1) is 25.7. The lowest BCUT2D eigenvalue weighted by Crippen LogP contribution is -2.46. The van der Waals surface area contributed by atoms with E-state index in [0.717, 1.165) is 11.3 Å². The molecule has 0 unspecified atom stereocenters. The van der Waals surface area contributed by atoms with Crippen molar-refractivity contribution in [3.05, 3.63) is 99.0 Å². The number of ether oxygens (including phenoxy) is 1. The molecule has 3 amide bonds. The molecule has 0 saturated carbocycles. The smallest absolute Gasteiger partial charge is 0.281 e. The number of hydrogen-bond acceptors (Lipinski definition) is 5. The Morgan fingerprint density at radius 3 is 2.22 bits per heavy atom. The normalized spacial score (nSPS) is 12.9. The molecule has 4 rings (SSSR count). The van der Waals surface area contributed by atoms with Crippen LogP contribution in [0.4, 0.5) is 8.78 Å². The van der Waals surface area contributed by atoms with Crippen molar-refractivity contribution in [2.24, 2.45) is 0 Å². The number of carbonyl (C=O) groups excluding carboxylic acids is 3. The maximum atomic E-state index is 13.4. The van der Waals surface area contributed by atoms with Crippen LogP contribution in [0.2, 0.25) is 0 Å². The Labute approximate surface area is 211 Å². The molecule has 2 aromatic carbocycles. The fourth-order valence-electron chi connectivity index (χ4n) is 3.88. The Hall–Kier alpha value is -4.34. The fraction of sp³-hybridized carbons (Fsp3) is 0.259. The van der Waals surface area contributed by atoms with E-state index < -0.39 is 34.8 Å². The van der Waals surface area contributed by atoms with Gasteiger partial charge in [-0.05, 0) is 41.8 Å². The molecule has 8 nitrogen and oxygen atoms in total. The van der Waals surface area contributed by atoms with Crippen molar-refractivity contribution in [2.45, 2.75) is 39.4 Å². The summed E-state index contributed by atoms with van der Waals surface area (Å²) in [6.07, 6.45) is 2.55. The second-order valence-electron chi connectivity index (χ2n) is 8.60. The van der Waals surface area contributed by atoms with Gasteiger partial charge in [-0.25, -0.2) is 8.78 Å². The zero-order chi connectivity index (χ0) is 26.5. The summed E-state index contributed by atoms with van der Waals surface area (Å²) in [5.74, 6) is -3.19. The average molecular weight is 510 g/mol. The van der Waals surface area contributed by atoms with E-state index in [1.807, 2.05) is 6.92 Å². The predicted molar refractivity (Wildman–Crippen MR) is 130 cm³/mol. The van der Waals surface area contributed by atoms with Crippen LogP contribution in [0.1, 0.15) is 51.7 Å². The van der Waals surface area contributed by atoms with E-state index in [4.69, 9.17) is 4.74 Å². The number of halogens is 2. The molecule has 2 heterocycles. The van der Waals surface area contributed by atoms with Crippen LogP contribution in [0.3, 0.4) is 0 Å². The van der Waals surface area contributed by atoms with Gasteiger partial charge in [-0.1, -0.05) is 37.6 Å². The Morgan fingerprint density at radius 1 is 0.973 bits per heavy atom. The highest BCUT2D eigenvalue weighted by Gasteiger charge is 2.36. The molecule has 1 aliphatic rings. The number of hydrogen-bond donors (Lipinski definition) is 1. The van der Waals surface area contributed by atoms with Crippen molar-refractivity contribution < 1.29 is 27.9 Å². The largest absolute Gasteiger partial charge is 0.487 e. The minimum Gasteiger partial charge on any atom is -0.487 e. The number of nitrogens with zero attached hydrogens (tertiary/aromatic N) is 2. The molecular weight excluding hydrogens is 484 g/mol. The standard InChI is InChI=1S/C27H25F2N3O5/c1-2-3-12-37-25-23-27(36)32(14-18-6-10-20(29)11-7-18)22(33)16-31(23)15-21(24(25)34)26(35)30-13-17-4-8-19(28)9-5-17/h4-11,15H,2-3,12-14,16H2,1H3,(H,30,35). The van der Waals surface area contributed by atoms with Crippen LogP contribution < -0.4 is 15.5 Å². The van der Waals surface area contributed by atoms with Gasteiger partial charge in [0, 0.05) is 12.7 Å². The molecule has 3 aromatic rings. The Balaban J connectivity index is 1.66. The molecule has 1 aromatic heterocycles.